The summed E-state index contributed by atoms with van der Waals surface area (Å²) in [4.78, 5) is 18.6. The fourth-order valence-corrected chi connectivity index (χ4v) is 1.78. The Hall–Kier alpha value is -1.24. The Morgan fingerprint density at radius 2 is 2.05 bits per heavy atom. The van der Waals surface area contributed by atoms with Gasteiger partial charge in [0.25, 0.3) is 0 Å². The maximum absolute atomic E-state index is 10.3. The number of aromatic nitrogens is 2. The number of halogens is 1. The molecule has 0 saturated heterocycles. The Morgan fingerprint density at radius 1 is 1.30 bits per heavy atom. The highest BCUT2D eigenvalue weighted by molar-refractivity contribution is 6.28. The first-order valence-corrected chi connectivity index (χ1v) is 6.92. The van der Waals surface area contributed by atoms with E-state index in [1.54, 1.807) is 0 Å². The summed E-state index contributed by atoms with van der Waals surface area (Å²) in [5, 5.41) is 3.25. The molecule has 0 aliphatic rings. The maximum atomic E-state index is 10.3. The summed E-state index contributed by atoms with van der Waals surface area (Å²) in [6.45, 7) is 6.39. The molecule has 0 spiro atoms. The van der Waals surface area contributed by atoms with E-state index in [-0.39, 0.29) is 5.28 Å². The number of nitrogens with one attached hydrogen (secondary N) is 1. The van der Waals surface area contributed by atoms with Crippen LogP contribution < -0.4 is 5.32 Å². The van der Waals surface area contributed by atoms with Gasteiger partial charge in [-0.05, 0) is 25.4 Å². The van der Waals surface area contributed by atoms with E-state index >= 15 is 0 Å². The molecule has 1 rings (SSSR count). The average Bonchev–Trinajstić information content (AvgIpc) is 2.41. The van der Waals surface area contributed by atoms with Gasteiger partial charge in [0, 0.05) is 30.8 Å². The molecule has 20 heavy (non-hydrogen) atoms. The highest BCUT2D eigenvalue weighted by Crippen LogP contribution is 2.19. The lowest BCUT2D eigenvalue weighted by Crippen LogP contribution is -2.12. The van der Waals surface area contributed by atoms with Gasteiger partial charge in [0.2, 0.25) is 5.28 Å². The normalized spacial score (nSPS) is 10.6. The quantitative estimate of drug-likeness (QED) is 0.405. The molecular weight excluding hydrogens is 282 g/mol. The van der Waals surface area contributed by atoms with Crippen LogP contribution in [0.25, 0.3) is 0 Å². The Kier molecular flexibility index (Phi) is 8.10. The highest BCUT2D eigenvalue weighted by atomic mass is 35.5. The lowest BCUT2D eigenvalue weighted by Gasteiger charge is -2.13. The second-order valence-corrected chi connectivity index (χ2v) is 4.37. The van der Waals surface area contributed by atoms with Crippen molar-refractivity contribution in [2.24, 2.45) is 0 Å². The Bertz CT molecular complexity index is 430. The Labute approximate surface area is 123 Å². The number of aryl methyl sites for hydroxylation is 1. The summed E-state index contributed by atoms with van der Waals surface area (Å²) < 4.78 is 10.7. The van der Waals surface area contributed by atoms with Gasteiger partial charge in [0.1, 0.15) is 12.1 Å². The van der Waals surface area contributed by atoms with Crippen molar-refractivity contribution in [1.29, 1.82) is 0 Å². The first-order valence-electron chi connectivity index (χ1n) is 6.55. The molecule has 112 valence electrons. The number of carbonyl (C=O) groups is 1. The van der Waals surface area contributed by atoms with E-state index < -0.39 is 0 Å². The van der Waals surface area contributed by atoms with E-state index in [1.807, 2.05) is 13.8 Å². The SMILES string of the molecule is CCOCCOCc1c(C)nc(Cl)nc1NCCC=O. The van der Waals surface area contributed by atoms with Gasteiger partial charge in [0.05, 0.1) is 19.8 Å². The molecule has 1 heterocycles. The van der Waals surface area contributed by atoms with Crippen LogP contribution in [-0.2, 0) is 20.9 Å². The third-order valence-corrected chi connectivity index (χ3v) is 2.73. The van der Waals surface area contributed by atoms with Crippen molar-refractivity contribution in [3.05, 3.63) is 16.5 Å². The van der Waals surface area contributed by atoms with Gasteiger partial charge in [-0.3, -0.25) is 0 Å². The molecular formula is C13H20ClN3O3. The molecule has 0 aromatic carbocycles. The zero-order valence-corrected chi connectivity index (χ0v) is 12.6. The van der Waals surface area contributed by atoms with Gasteiger partial charge in [0.15, 0.2) is 0 Å². The maximum Gasteiger partial charge on any atom is 0.224 e. The summed E-state index contributed by atoms with van der Waals surface area (Å²) >= 11 is 5.84. The molecule has 7 heteroatoms. The fourth-order valence-electron chi connectivity index (χ4n) is 1.57. The number of rotatable bonds is 10. The van der Waals surface area contributed by atoms with Crippen LogP contribution in [0, 0.1) is 6.92 Å². The van der Waals surface area contributed by atoms with Crippen LogP contribution in [0.3, 0.4) is 0 Å². The average molecular weight is 302 g/mol. The molecule has 0 saturated carbocycles. The first-order chi connectivity index (χ1) is 9.69. The lowest BCUT2D eigenvalue weighted by molar-refractivity contribution is -0.107. The summed E-state index contributed by atoms with van der Waals surface area (Å²) in [6, 6.07) is 0. The minimum absolute atomic E-state index is 0.175. The number of aldehydes is 1. The van der Waals surface area contributed by atoms with Gasteiger partial charge in [-0.2, -0.15) is 0 Å². The van der Waals surface area contributed by atoms with Crippen molar-refractivity contribution >= 4 is 23.7 Å². The third kappa shape index (κ3) is 5.81. The van der Waals surface area contributed by atoms with Gasteiger partial charge >= 0.3 is 0 Å². The molecule has 0 amide bonds. The molecule has 0 aliphatic heterocycles. The fraction of sp³-hybridized carbons (Fsp3) is 0.615. The Balaban J connectivity index is 2.63. The van der Waals surface area contributed by atoms with Crippen molar-refractivity contribution in [2.45, 2.75) is 26.9 Å². The zero-order valence-electron chi connectivity index (χ0n) is 11.8. The van der Waals surface area contributed by atoms with E-state index in [0.717, 1.165) is 17.5 Å². The topological polar surface area (TPSA) is 73.3 Å². The largest absolute Gasteiger partial charge is 0.379 e. The highest BCUT2D eigenvalue weighted by Gasteiger charge is 2.11. The molecule has 0 radical (unpaired) electrons. The molecule has 1 N–H and O–H groups in total. The second-order valence-electron chi connectivity index (χ2n) is 4.04. The second kappa shape index (κ2) is 9.63. The zero-order chi connectivity index (χ0) is 14.8. The molecule has 0 unspecified atom stereocenters. The molecule has 0 fully saturated rings. The van der Waals surface area contributed by atoms with Gasteiger partial charge in [-0.25, -0.2) is 9.97 Å². The predicted octanol–water partition coefficient (Wildman–Crippen LogP) is 1.99. The smallest absolute Gasteiger partial charge is 0.224 e. The van der Waals surface area contributed by atoms with Crippen LogP contribution in [-0.4, -0.2) is 42.6 Å². The molecule has 0 aliphatic carbocycles. The van der Waals surface area contributed by atoms with Gasteiger partial charge in [-0.1, -0.05) is 0 Å². The molecule has 1 aromatic rings. The van der Waals surface area contributed by atoms with Crippen molar-refractivity contribution < 1.29 is 14.3 Å². The van der Waals surface area contributed by atoms with E-state index in [2.05, 4.69) is 15.3 Å². The van der Waals surface area contributed by atoms with Crippen molar-refractivity contribution in [1.82, 2.24) is 9.97 Å². The number of carbonyl (C=O) groups excluding carboxylic acids is 1. The Morgan fingerprint density at radius 3 is 2.75 bits per heavy atom. The van der Waals surface area contributed by atoms with E-state index in [9.17, 15) is 4.79 Å². The van der Waals surface area contributed by atoms with Gasteiger partial charge < -0.3 is 19.6 Å². The first kappa shape index (κ1) is 16.8. The van der Waals surface area contributed by atoms with Crippen LogP contribution in [0.2, 0.25) is 5.28 Å². The lowest BCUT2D eigenvalue weighted by atomic mass is 10.2. The number of hydrogen-bond donors (Lipinski definition) is 1. The monoisotopic (exact) mass is 301 g/mol. The summed E-state index contributed by atoms with van der Waals surface area (Å²) in [7, 11) is 0. The number of ether oxygens (including phenoxy) is 2. The summed E-state index contributed by atoms with van der Waals surface area (Å²) in [5.74, 6) is 0.612. The van der Waals surface area contributed by atoms with Crippen molar-refractivity contribution in [3.63, 3.8) is 0 Å². The van der Waals surface area contributed by atoms with E-state index in [1.165, 1.54) is 0 Å². The van der Waals surface area contributed by atoms with Crippen LogP contribution >= 0.6 is 11.6 Å². The minimum atomic E-state index is 0.175. The molecule has 0 bridgehead atoms. The minimum Gasteiger partial charge on any atom is -0.379 e. The molecule has 6 nitrogen and oxygen atoms in total. The number of nitrogens with zero attached hydrogens (tertiary/aromatic N) is 2. The van der Waals surface area contributed by atoms with Crippen LogP contribution in [0.1, 0.15) is 24.6 Å². The van der Waals surface area contributed by atoms with Crippen LogP contribution in [0.15, 0.2) is 0 Å². The predicted molar refractivity (Wildman–Crippen MR) is 77.1 cm³/mol. The van der Waals surface area contributed by atoms with Crippen LogP contribution in [0.5, 0.6) is 0 Å². The van der Waals surface area contributed by atoms with E-state index in [4.69, 9.17) is 21.1 Å². The molecule has 1 aromatic heterocycles. The number of anilines is 1. The van der Waals surface area contributed by atoms with E-state index in [0.29, 0.717) is 45.2 Å². The van der Waals surface area contributed by atoms with Crippen molar-refractivity contribution in [2.75, 3.05) is 31.7 Å². The number of hydrogen-bond acceptors (Lipinski definition) is 6. The van der Waals surface area contributed by atoms with Gasteiger partial charge in [-0.15, -0.1) is 0 Å². The standard InChI is InChI=1S/C13H20ClN3O3/c1-3-19-7-8-20-9-11-10(2)16-13(14)17-12(11)15-5-4-6-18/h6H,3-5,7-9H2,1-2H3,(H,15,16,17). The van der Waals surface area contributed by atoms with Crippen molar-refractivity contribution in [3.8, 4) is 0 Å². The van der Waals surface area contributed by atoms with Crippen LogP contribution in [0.4, 0.5) is 5.82 Å². The summed E-state index contributed by atoms with van der Waals surface area (Å²) in [6.07, 6.45) is 1.26. The summed E-state index contributed by atoms with van der Waals surface area (Å²) in [5.41, 5.74) is 1.60. The molecule has 0 atom stereocenters. The third-order valence-electron chi connectivity index (χ3n) is 2.56.